The second-order valence-corrected chi connectivity index (χ2v) is 7.34. The van der Waals surface area contributed by atoms with Crippen molar-refractivity contribution in [2.75, 3.05) is 20.8 Å². The van der Waals surface area contributed by atoms with Crippen LogP contribution in [0.3, 0.4) is 0 Å². The summed E-state index contributed by atoms with van der Waals surface area (Å²) < 4.78 is 12.2. The molecular formula is C22H24N4O4. The zero-order chi connectivity index (χ0) is 21.3. The number of amides is 1. The van der Waals surface area contributed by atoms with Crippen LogP contribution in [0.25, 0.3) is 10.9 Å². The third-order valence-electron chi connectivity index (χ3n) is 5.42. The molecule has 0 bridgehead atoms. The van der Waals surface area contributed by atoms with E-state index in [-0.39, 0.29) is 12.1 Å². The van der Waals surface area contributed by atoms with Crippen molar-refractivity contribution >= 4 is 16.8 Å². The quantitative estimate of drug-likeness (QED) is 0.663. The number of para-hydroxylation sites is 1. The summed E-state index contributed by atoms with van der Waals surface area (Å²) in [5, 5.41) is 0.475. The number of methoxy groups -OCH3 is 2. The number of benzene rings is 2. The minimum Gasteiger partial charge on any atom is -0.493 e. The van der Waals surface area contributed by atoms with Gasteiger partial charge in [-0.1, -0.05) is 12.1 Å². The summed E-state index contributed by atoms with van der Waals surface area (Å²) in [6, 6.07) is 11.1. The first-order valence-corrected chi connectivity index (χ1v) is 9.73. The Morgan fingerprint density at radius 2 is 1.83 bits per heavy atom. The van der Waals surface area contributed by atoms with Gasteiger partial charge in [0.1, 0.15) is 12.4 Å². The fraction of sp³-hybridized carbons (Fsp3) is 0.318. The predicted molar refractivity (Wildman–Crippen MR) is 113 cm³/mol. The van der Waals surface area contributed by atoms with Gasteiger partial charge < -0.3 is 15.2 Å². The summed E-state index contributed by atoms with van der Waals surface area (Å²) >= 11 is 0. The standard InChI is InChI=1S/C22H24N4O4/c1-29-18-9-14-7-8-25(11-15(14)10-19(18)30-2)13-21-24-17-6-4-3-5-16(17)22(28)26(21)12-20(23)27/h3-6,9-10H,7-8,11-13H2,1-2H3,(H2,23,27). The summed E-state index contributed by atoms with van der Waals surface area (Å²) in [6.45, 7) is 1.71. The summed E-state index contributed by atoms with van der Waals surface area (Å²) in [4.78, 5) is 31.4. The number of fused-ring (bicyclic) bond motifs is 2. The van der Waals surface area contributed by atoms with Gasteiger partial charge in [-0.3, -0.25) is 19.1 Å². The lowest BCUT2D eigenvalue weighted by Crippen LogP contribution is -2.36. The second-order valence-electron chi connectivity index (χ2n) is 7.34. The minimum absolute atomic E-state index is 0.193. The topological polar surface area (TPSA) is 99.7 Å². The fourth-order valence-electron chi connectivity index (χ4n) is 3.93. The van der Waals surface area contributed by atoms with E-state index in [0.717, 1.165) is 24.3 Å². The highest BCUT2D eigenvalue weighted by Crippen LogP contribution is 2.33. The normalized spacial score (nSPS) is 13.8. The third kappa shape index (κ3) is 3.73. The van der Waals surface area contributed by atoms with Gasteiger partial charge in [-0.25, -0.2) is 4.98 Å². The molecule has 0 radical (unpaired) electrons. The molecule has 2 heterocycles. The molecule has 1 aliphatic rings. The average molecular weight is 408 g/mol. The highest BCUT2D eigenvalue weighted by molar-refractivity contribution is 5.78. The van der Waals surface area contributed by atoms with Crippen LogP contribution in [0.1, 0.15) is 17.0 Å². The molecule has 4 rings (SSSR count). The first kappa shape index (κ1) is 19.9. The number of nitrogens with zero attached hydrogens (tertiary/aromatic N) is 3. The molecule has 0 saturated heterocycles. The average Bonchev–Trinajstić information content (AvgIpc) is 2.75. The van der Waals surface area contributed by atoms with Crippen LogP contribution >= 0.6 is 0 Å². The predicted octanol–water partition coefficient (Wildman–Crippen LogP) is 1.46. The molecule has 0 aliphatic carbocycles. The Hall–Kier alpha value is -3.39. The molecular weight excluding hydrogens is 384 g/mol. The number of carbonyl (C=O) groups is 1. The molecule has 0 saturated carbocycles. The smallest absolute Gasteiger partial charge is 0.261 e. The molecule has 3 aromatic rings. The first-order chi connectivity index (χ1) is 14.5. The van der Waals surface area contributed by atoms with Crippen LogP contribution in [0.15, 0.2) is 41.2 Å². The van der Waals surface area contributed by atoms with E-state index in [1.165, 1.54) is 10.1 Å². The third-order valence-corrected chi connectivity index (χ3v) is 5.42. The van der Waals surface area contributed by atoms with Gasteiger partial charge >= 0.3 is 0 Å². The Bertz CT molecular complexity index is 1170. The Kier molecular flexibility index (Phi) is 5.41. The van der Waals surface area contributed by atoms with E-state index in [1.807, 2.05) is 18.2 Å². The van der Waals surface area contributed by atoms with Gasteiger partial charge in [0.15, 0.2) is 11.5 Å². The van der Waals surface area contributed by atoms with Crippen molar-refractivity contribution in [1.82, 2.24) is 14.5 Å². The van der Waals surface area contributed by atoms with E-state index < -0.39 is 5.91 Å². The number of hydrogen-bond donors (Lipinski definition) is 1. The maximum atomic E-state index is 12.9. The van der Waals surface area contributed by atoms with Crippen LogP contribution in [-0.4, -0.2) is 41.1 Å². The highest BCUT2D eigenvalue weighted by Gasteiger charge is 2.22. The molecule has 0 fully saturated rings. The summed E-state index contributed by atoms with van der Waals surface area (Å²) in [6.07, 6.45) is 0.837. The minimum atomic E-state index is -0.573. The van der Waals surface area contributed by atoms with Crippen molar-refractivity contribution in [3.05, 3.63) is 63.7 Å². The molecule has 2 aromatic carbocycles. The van der Waals surface area contributed by atoms with E-state index in [0.29, 0.717) is 35.6 Å². The van der Waals surface area contributed by atoms with Gasteiger partial charge in [0, 0.05) is 13.1 Å². The van der Waals surface area contributed by atoms with Crippen molar-refractivity contribution in [3.63, 3.8) is 0 Å². The summed E-state index contributed by atoms with van der Waals surface area (Å²) in [7, 11) is 3.25. The Morgan fingerprint density at radius 1 is 1.13 bits per heavy atom. The molecule has 30 heavy (non-hydrogen) atoms. The highest BCUT2D eigenvalue weighted by atomic mass is 16.5. The van der Waals surface area contributed by atoms with Gasteiger partial charge in [0.25, 0.3) is 5.56 Å². The number of carbonyl (C=O) groups excluding carboxylic acids is 1. The molecule has 0 spiro atoms. The molecule has 0 unspecified atom stereocenters. The van der Waals surface area contributed by atoms with E-state index in [4.69, 9.17) is 15.2 Å². The Morgan fingerprint density at radius 3 is 2.53 bits per heavy atom. The van der Waals surface area contributed by atoms with Crippen LogP contribution in [0.4, 0.5) is 0 Å². The molecule has 8 heteroatoms. The molecule has 1 aliphatic heterocycles. The largest absolute Gasteiger partial charge is 0.493 e. The zero-order valence-corrected chi connectivity index (χ0v) is 17.1. The van der Waals surface area contributed by atoms with Gasteiger partial charge in [-0.15, -0.1) is 0 Å². The van der Waals surface area contributed by atoms with Gasteiger partial charge in [-0.05, 0) is 41.8 Å². The van der Waals surface area contributed by atoms with E-state index in [9.17, 15) is 9.59 Å². The van der Waals surface area contributed by atoms with Crippen LogP contribution in [0, 0.1) is 0 Å². The van der Waals surface area contributed by atoms with Crippen molar-refractivity contribution in [3.8, 4) is 11.5 Å². The van der Waals surface area contributed by atoms with Crippen LogP contribution in [-0.2, 0) is 30.8 Å². The monoisotopic (exact) mass is 408 g/mol. The second kappa shape index (κ2) is 8.16. The Labute approximate surface area is 173 Å². The van der Waals surface area contributed by atoms with Crippen molar-refractivity contribution in [2.24, 2.45) is 5.73 Å². The SMILES string of the molecule is COc1cc2c(cc1OC)CN(Cc1nc3ccccc3c(=O)n1CC(N)=O)CC2. The van der Waals surface area contributed by atoms with Crippen molar-refractivity contribution in [2.45, 2.75) is 26.1 Å². The van der Waals surface area contributed by atoms with Gasteiger partial charge in [0.2, 0.25) is 5.91 Å². The molecule has 156 valence electrons. The molecule has 0 atom stereocenters. The summed E-state index contributed by atoms with van der Waals surface area (Å²) in [5.74, 6) is 1.36. The molecule has 1 aromatic heterocycles. The molecule has 8 nitrogen and oxygen atoms in total. The van der Waals surface area contributed by atoms with Gasteiger partial charge in [-0.2, -0.15) is 0 Å². The maximum absolute atomic E-state index is 12.9. The maximum Gasteiger partial charge on any atom is 0.261 e. The van der Waals surface area contributed by atoms with E-state index >= 15 is 0 Å². The summed E-state index contributed by atoms with van der Waals surface area (Å²) in [5.41, 5.74) is 8.11. The first-order valence-electron chi connectivity index (χ1n) is 9.73. The molecule has 2 N–H and O–H groups in total. The molecule has 1 amide bonds. The lowest BCUT2D eigenvalue weighted by Gasteiger charge is -2.29. The lowest BCUT2D eigenvalue weighted by molar-refractivity contribution is -0.118. The number of nitrogens with two attached hydrogens (primary N) is 1. The Balaban J connectivity index is 1.68. The number of rotatable bonds is 6. The van der Waals surface area contributed by atoms with Crippen molar-refractivity contribution < 1.29 is 14.3 Å². The lowest BCUT2D eigenvalue weighted by atomic mass is 9.99. The van der Waals surface area contributed by atoms with E-state index in [2.05, 4.69) is 9.88 Å². The van der Waals surface area contributed by atoms with Crippen LogP contribution < -0.4 is 20.8 Å². The van der Waals surface area contributed by atoms with E-state index in [1.54, 1.807) is 32.4 Å². The van der Waals surface area contributed by atoms with Crippen LogP contribution in [0.2, 0.25) is 0 Å². The number of ether oxygens (including phenoxy) is 2. The zero-order valence-electron chi connectivity index (χ0n) is 17.1. The van der Waals surface area contributed by atoms with Gasteiger partial charge in [0.05, 0.1) is 31.7 Å². The fourth-order valence-corrected chi connectivity index (χ4v) is 3.93. The number of aromatic nitrogens is 2. The van der Waals surface area contributed by atoms with Crippen LogP contribution in [0.5, 0.6) is 11.5 Å². The number of primary amides is 1. The number of hydrogen-bond acceptors (Lipinski definition) is 6. The van der Waals surface area contributed by atoms with Crippen molar-refractivity contribution in [1.29, 1.82) is 0 Å².